The van der Waals surface area contributed by atoms with Gasteiger partial charge in [-0.25, -0.2) is 0 Å². The molecule has 0 N–H and O–H groups in total. The molecule has 0 amide bonds. The van der Waals surface area contributed by atoms with Gasteiger partial charge < -0.3 is 19.8 Å². The summed E-state index contributed by atoms with van der Waals surface area (Å²) in [6.07, 6.45) is 12.2. The monoisotopic (exact) mass is 401 g/mol. The Morgan fingerprint density at radius 1 is 0.720 bits per heavy atom. The Bertz CT molecular complexity index is 350. The van der Waals surface area contributed by atoms with Gasteiger partial charge in [0.05, 0.1) is 0 Å². The van der Waals surface area contributed by atoms with Crippen LogP contribution in [0.5, 0.6) is 0 Å². The van der Waals surface area contributed by atoms with Crippen LogP contribution in [0.25, 0.3) is 0 Å². The van der Waals surface area contributed by atoms with E-state index in [4.69, 9.17) is 0 Å². The van der Waals surface area contributed by atoms with Crippen LogP contribution in [0.4, 0.5) is 0 Å². The first-order valence-electron chi connectivity index (χ1n) is 9.84. The van der Waals surface area contributed by atoms with Gasteiger partial charge in [-0.1, -0.05) is 52.4 Å². The van der Waals surface area contributed by atoms with Gasteiger partial charge in [-0.2, -0.15) is 0 Å². The maximum Gasteiger partial charge on any atom is 2.00 e. The number of carboxylic acids is 2. The SMILES string of the molecule is CCC1CCC(CCC(=O)[O-])C1.CCC1CCC(CCC(=O)[O-])C1.[Cu+2]. The maximum atomic E-state index is 10.2. The number of hydrogen-bond donors (Lipinski definition) is 0. The van der Waals surface area contributed by atoms with Crippen LogP contribution in [0.2, 0.25) is 0 Å². The van der Waals surface area contributed by atoms with Crippen LogP contribution in [-0.2, 0) is 26.7 Å². The summed E-state index contributed by atoms with van der Waals surface area (Å²) in [7, 11) is 0. The quantitative estimate of drug-likeness (QED) is 0.585. The molecule has 0 aromatic rings. The standard InChI is InChI=1S/2C10H18O2.Cu/c2*1-2-8-3-4-9(7-8)5-6-10(11)12;/h2*8-9H,2-7H2,1H3,(H,11,12);/q;;+2/p-2. The van der Waals surface area contributed by atoms with Crippen molar-refractivity contribution in [3.8, 4) is 0 Å². The van der Waals surface area contributed by atoms with Gasteiger partial charge in [-0.15, -0.1) is 0 Å². The molecule has 0 aromatic carbocycles. The van der Waals surface area contributed by atoms with Crippen molar-refractivity contribution in [1.29, 1.82) is 0 Å². The number of rotatable bonds is 8. The van der Waals surface area contributed by atoms with Crippen LogP contribution in [0.3, 0.4) is 0 Å². The van der Waals surface area contributed by atoms with Gasteiger partial charge in [-0.3, -0.25) is 0 Å². The fourth-order valence-corrected chi connectivity index (χ4v) is 4.27. The molecule has 4 nitrogen and oxygen atoms in total. The van der Waals surface area contributed by atoms with Crippen LogP contribution in [-0.4, -0.2) is 11.9 Å². The van der Waals surface area contributed by atoms with Crippen LogP contribution in [0, 0.1) is 23.7 Å². The summed E-state index contributed by atoms with van der Waals surface area (Å²) in [5, 5.41) is 20.4. The van der Waals surface area contributed by atoms with E-state index in [1.54, 1.807) is 0 Å². The molecule has 25 heavy (non-hydrogen) atoms. The maximum absolute atomic E-state index is 10.2. The zero-order valence-corrected chi connectivity index (χ0v) is 16.7. The Morgan fingerprint density at radius 2 is 1.04 bits per heavy atom. The molecule has 0 bridgehead atoms. The normalized spacial score (nSPS) is 27.9. The van der Waals surface area contributed by atoms with E-state index in [-0.39, 0.29) is 29.9 Å². The Hall–Kier alpha value is -0.541. The smallest absolute Gasteiger partial charge is 0.550 e. The molecule has 4 unspecified atom stereocenters. The Kier molecular flexibility index (Phi) is 13.3. The number of carboxylic acid groups (broad SMARTS) is 2. The Morgan fingerprint density at radius 3 is 1.28 bits per heavy atom. The van der Waals surface area contributed by atoms with E-state index >= 15 is 0 Å². The van der Waals surface area contributed by atoms with Crippen molar-refractivity contribution in [3.05, 3.63) is 0 Å². The fraction of sp³-hybridized carbons (Fsp3) is 0.900. The zero-order chi connectivity index (χ0) is 17.9. The van der Waals surface area contributed by atoms with Gasteiger partial charge in [0.2, 0.25) is 0 Å². The second kappa shape index (κ2) is 13.6. The summed E-state index contributed by atoms with van der Waals surface area (Å²) in [6, 6.07) is 0. The van der Waals surface area contributed by atoms with Gasteiger partial charge >= 0.3 is 17.1 Å². The minimum Gasteiger partial charge on any atom is -0.550 e. The van der Waals surface area contributed by atoms with Crippen molar-refractivity contribution in [2.24, 2.45) is 23.7 Å². The average Bonchev–Trinajstić information content (AvgIpc) is 3.20. The van der Waals surface area contributed by atoms with E-state index in [0.717, 1.165) is 24.7 Å². The molecule has 0 spiro atoms. The first-order valence-corrected chi connectivity index (χ1v) is 9.84. The van der Waals surface area contributed by atoms with E-state index in [2.05, 4.69) is 13.8 Å². The van der Waals surface area contributed by atoms with Crippen LogP contribution in [0.1, 0.15) is 90.9 Å². The molecule has 2 saturated carbocycles. The molecule has 0 heterocycles. The van der Waals surface area contributed by atoms with E-state index in [1.807, 2.05) is 0 Å². The van der Waals surface area contributed by atoms with Crippen molar-refractivity contribution >= 4 is 11.9 Å². The molecular weight excluding hydrogens is 368 g/mol. The minimum absolute atomic E-state index is 0. The Balaban J connectivity index is 0.000000443. The van der Waals surface area contributed by atoms with Crippen LogP contribution >= 0.6 is 0 Å². The number of carbonyl (C=O) groups excluding carboxylic acids is 2. The van der Waals surface area contributed by atoms with Crippen molar-refractivity contribution in [3.63, 3.8) is 0 Å². The molecule has 149 valence electrons. The molecule has 0 saturated heterocycles. The summed E-state index contributed by atoms with van der Waals surface area (Å²) in [4.78, 5) is 20.4. The molecule has 4 atom stereocenters. The molecule has 1 radical (unpaired) electrons. The van der Waals surface area contributed by atoms with Gasteiger partial charge in [0, 0.05) is 11.9 Å². The molecule has 2 aliphatic carbocycles. The topological polar surface area (TPSA) is 80.3 Å². The van der Waals surface area contributed by atoms with Crippen LogP contribution < -0.4 is 10.2 Å². The summed E-state index contributed by atoms with van der Waals surface area (Å²) in [6.45, 7) is 4.43. The molecule has 0 aliphatic heterocycles. The van der Waals surface area contributed by atoms with Crippen molar-refractivity contribution in [2.45, 2.75) is 90.9 Å². The Labute approximate surface area is 163 Å². The summed E-state index contributed by atoms with van der Waals surface area (Å²) in [5.41, 5.74) is 0. The fourth-order valence-electron chi connectivity index (χ4n) is 4.27. The van der Waals surface area contributed by atoms with Crippen LogP contribution in [0.15, 0.2) is 0 Å². The minimum atomic E-state index is -0.894. The number of carbonyl (C=O) groups is 2. The van der Waals surface area contributed by atoms with Crippen molar-refractivity contribution in [2.75, 3.05) is 0 Å². The molecule has 2 aliphatic rings. The van der Waals surface area contributed by atoms with Gasteiger partial charge in [0.1, 0.15) is 0 Å². The van der Waals surface area contributed by atoms with Crippen molar-refractivity contribution < 1.29 is 36.9 Å². The van der Waals surface area contributed by atoms with Gasteiger partial charge in [-0.05, 0) is 62.2 Å². The third-order valence-corrected chi connectivity index (χ3v) is 5.97. The third-order valence-electron chi connectivity index (χ3n) is 5.97. The third kappa shape index (κ3) is 10.9. The largest absolute Gasteiger partial charge is 2.00 e. The summed E-state index contributed by atoms with van der Waals surface area (Å²) in [5.74, 6) is 1.25. The second-order valence-electron chi connectivity index (χ2n) is 7.73. The van der Waals surface area contributed by atoms with Crippen molar-refractivity contribution in [1.82, 2.24) is 0 Å². The molecule has 5 heteroatoms. The van der Waals surface area contributed by atoms with E-state index in [0.29, 0.717) is 11.8 Å². The van der Waals surface area contributed by atoms with Gasteiger partial charge in [0.25, 0.3) is 0 Å². The predicted molar refractivity (Wildman–Crippen MR) is 90.7 cm³/mol. The van der Waals surface area contributed by atoms with E-state index < -0.39 is 11.9 Å². The van der Waals surface area contributed by atoms with E-state index in [9.17, 15) is 19.8 Å². The molecule has 2 fully saturated rings. The first-order chi connectivity index (χ1) is 11.4. The first kappa shape index (κ1) is 24.5. The zero-order valence-electron chi connectivity index (χ0n) is 15.7. The summed E-state index contributed by atoms with van der Waals surface area (Å²) >= 11 is 0. The molecular formula is C20H34CuO4. The molecule has 0 aromatic heterocycles. The summed E-state index contributed by atoms with van der Waals surface area (Å²) < 4.78 is 0. The van der Waals surface area contributed by atoms with E-state index in [1.165, 1.54) is 51.4 Å². The average molecular weight is 402 g/mol. The number of hydrogen-bond acceptors (Lipinski definition) is 4. The second-order valence-corrected chi connectivity index (χ2v) is 7.73. The van der Waals surface area contributed by atoms with Gasteiger partial charge in [0.15, 0.2) is 0 Å². The predicted octanol–water partition coefficient (Wildman–Crippen LogP) is 2.68. The molecule has 2 rings (SSSR count). The number of aliphatic carboxylic acids is 2.